The van der Waals surface area contributed by atoms with Gasteiger partial charge in [-0.3, -0.25) is 19.4 Å². The van der Waals surface area contributed by atoms with E-state index < -0.39 is 6.04 Å². The number of pyridine rings is 1. The number of carbonyl (C=O) groups excluding carboxylic acids is 3. The molecule has 1 aromatic heterocycles. The number of aromatic nitrogens is 1. The number of nitrogens with one attached hydrogen (secondary N) is 1. The largest absolute Gasteiger partial charge is 0.357 e. The number of fused-ring (bicyclic) bond motifs is 1. The lowest BCUT2D eigenvalue weighted by Gasteiger charge is -2.28. The van der Waals surface area contributed by atoms with Gasteiger partial charge in [0.15, 0.2) is 0 Å². The number of nitrogens with zero attached hydrogens (tertiary/aromatic N) is 3. The number of likely N-dealkylation sites (N-methyl/N-ethyl adjacent to an activating group) is 1. The highest BCUT2D eigenvalue weighted by atomic mass is 16.2. The molecule has 1 aromatic rings. The van der Waals surface area contributed by atoms with Gasteiger partial charge >= 0.3 is 0 Å². The van der Waals surface area contributed by atoms with Crippen LogP contribution in [0.3, 0.4) is 0 Å². The van der Waals surface area contributed by atoms with E-state index in [1.807, 2.05) is 13.0 Å². The maximum absolute atomic E-state index is 12.6. The zero-order chi connectivity index (χ0) is 17.4. The van der Waals surface area contributed by atoms with Crippen molar-refractivity contribution in [3.63, 3.8) is 0 Å². The van der Waals surface area contributed by atoms with Crippen LogP contribution < -0.4 is 5.32 Å². The van der Waals surface area contributed by atoms with E-state index in [4.69, 9.17) is 0 Å². The molecule has 2 aliphatic heterocycles. The van der Waals surface area contributed by atoms with Crippen LogP contribution in [0.1, 0.15) is 29.4 Å². The molecule has 0 aromatic carbocycles. The Balaban J connectivity index is 1.76. The van der Waals surface area contributed by atoms with Crippen molar-refractivity contribution in [1.29, 1.82) is 0 Å². The normalized spacial score (nSPS) is 25.5. The topological polar surface area (TPSA) is 82.6 Å². The molecule has 2 fully saturated rings. The number of carbonyl (C=O) groups is 3. The molecule has 0 saturated carbocycles. The predicted molar refractivity (Wildman–Crippen MR) is 87.1 cm³/mol. The van der Waals surface area contributed by atoms with E-state index >= 15 is 0 Å². The van der Waals surface area contributed by atoms with Crippen LogP contribution in [0, 0.1) is 12.8 Å². The minimum absolute atomic E-state index is 0.0723. The van der Waals surface area contributed by atoms with Crippen LogP contribution in [-0.4, -0.2) is 64.7 Å². The van der Waals surface area contributed by atoms with Crippen LogP contribution >= 0.6 is 0 Å². The Morgan fingerprint density at radius 1 is 1.25 bits per heavy atom. The van der Waals surface area contributed by atoms with Crippen LogP contribution in [0.4, 0.5) is 0 Å². The second-order valence-electron chi connectivity index (χ2n) is 6.52. The van der Waals surface area contributed by atoms with E-state index in [9.17, 15) is 14.4 Å². The second kappa shape index (κ2) is 6.22. The van der Waals surface area contributed by atoms with Crippen molar-refractivity contribution in [2.75, 3.05) is 20.1 Å². The van der Waals surface area contributed by atoms with Crippen molar-refractivity contribution in [3.05, 3.63) is 29.6 Å². The molecule has 3 atom stereocenters. The molecule has 7 heteroatoms. The summed E-state index contributed by atoms with van der Waals surface area (Å²) in [5, 5.41) is 2.62. The summed E-state index contributed by atoms with van der Waals surface area (Å²) in [5.74, 6) is -0.196. The third-order valence-electron chi connectivity index (χ3n) is 4.98. The van der Waals surface area contributed by atoms with Gasteiger partial charge in [-0.1, -0.05) is 0 Å². The molecular formula is C17H22N4O3. The molecule has 3 rings (SSSR count). The SMILES string of the molecule is CNC(=O)[C@@H]1C[C@H]2CN(C(=O)c3ccc(C)nc3)C[C@H]2N1C(C)=O. The Morgan fingerprint density at radius 2 is 2.00 bits per heavy atom. The highest BCUT2D eigenvalue weighted by Gasteiger charge is 2.50. The maximum atomic E-state index is 12.6. The molecule has 3 amide bonds. The third-order valence-corrected chi connectivity index (χ3v) is 4.98. The maximum Gasteiger partial charge on any atom is 0.255 e. The zero-order valence-corrected chi connectivity index (χ0v) is 14.2. The van der Waals surface area contributed by atoms with Crippen LogP contribution in [0.2, 0.25) is 0 Å². The fourth-order valence-corrected chi connectivity index (χ4v) is 3.83. The van der Waals surface area contributed by atoms with Crippen molar-refractivity contribution in [2.24, 2.45) is 5.92 Å². The standard InChI is InChI=1S/C17H22N4O3/c1-10-4-5-12(7-19-10)17(24)20-8-13-6-14(16(23)18-3)21(11(2)22)15(13)9-20/h4-5,7,13-15H,6,8-9H2,1-3H3,(H,18,23)/t13-,14-,15+/m0/s1. The minimum Gasteiger partial charge on any atom is -0.357 e. The average molecular weight is 330 g/mol. The van der Waals surface area contributed by atoms with E-state index in [-0.39, 0.29) is 29.7 Å². The molecule has 0 radical (unpaired) electrons. The summed E-state index contributed by atoms with van der Waals surface area (Å²) in [6.07, 6.45) is 2.18. The van der Waals surface area contributed by atoms with Gasteiger partial charge in [-0.25, -0.2) is 0 Å². The molecule has 128 valence electrons. The lowest BCUT2D eigenvalue weighted by atomic mass is 10.0. The molecule has 2 aliphatic rings. The molecule has 0 spiro atoms. The van der Waals surface area contributed by atoms with Crippen LogP contribution in [-0.2, 0) is 9.59 Å². The van der Waals surface area contributed by atoms with Crippen molar-refractivity contribution in [1.82, 2.24) is 20.1 Å². The Labute approximate surface area is 141 Å². The fraction of sp³-hybridized carbons (Fsp3) is 0.529. The van der Waals surface area contributed by atoms with Crippen LogP contribution in [0.5, 0.6) is 0 Å². The molecule has 0 aliphatic carbocycles. The summed E-state index contributed by atoms with van der Waals surface area (Å²) in [6, 6.07) is 3.07. The van der Waals surface area contributed by atoms with Gasteiger partial charge in [-0.2, -0.15) is 0 Å². The molecule has 24 heavy (non-hydrogen) atoms. The van der Waals surface area contributed by atoms with Gasteiger partial charge in [-0.15, -0.1) is 0 Å². The van der Waals surface area contributed by atoms with Gasteiger partial charge in [0.05, 0.1) is 11.6 Å². The van der Waals surface area contributed by atoms with E-state index in [0.717, 1.165) is 5.69 Å². The number of rotatable bonds is 2. The lowest BCUT2D eigenvalue weighted by Crippen LogP contribution is -2.49. The van der Waals surface area contributed by atoms with Gasteiger partial charge in [0, 0.05) is 44.9 Å². The second-order valence-corrected chi connectivity index (χ2v) is 6.52. The first kappa shape index (κ1) is 16.4. The zero-order valence-electron chi connectivity index (χ0n) is 14.2. The van der Waals surface area contributed by atoms with Gasteiger partial charge < -0.3 is 15.1 Å². The molecule has 7 nitrogen and oxygen atoms in total. The summed E-state index contributed by atoms with van der Waals surface area (Å²) in [4.78, 5) is 44.3. The van der Waals surface area contributed by atoms with Gasteiger partial charge in [0.2, 0.25) is 11.8 Å². The lowest BCUT2D eigenvalue weighted by molar-refractivity contribution is -0.138. The Hall–Kier alpha value is -2.44. The van der Waals surface area contributed by atoms with E-state index in [1.165, 1.54) is 6.92 Å². The van der Waals surface area contributed by atoms with Crippen molar-refractivity contribution < 1.29 is 14.4 Å². The summed E-state index contributed by atoms with van der Waals surface area (Å²) in [7, 11) is 1.58. The summed E-state index contributed by atoms with van der Waals surface area (Å²) >= 11 is 0. The van der Waals surface area contributed by atoms with Gasteiger partial charge in [0.25, 0.3) is 5.91 Å². The minimum atomic E-state index is -0.430. The van der Waals surface area contributed by atoms with E-state index in [2.05, 4.69) is 10.3 Å². The first-order valence-corrected chi connectivity index (χ1v) is 8.14. The summed E-state index contributed by atoms with van der Waals surface area (Å²) in [6.45, 7) is 4.38. The number of amides is 3. The Kier molecular flexibility index (Phi) is 4.26. The molecule has 0 bridgehead atoms. The number of aryl methyl sites for hydroxylation is 1. The first-order chi connectivity index (χ1) is 11.4. The average Bonchev–Trinajstić information content (AvgIpc) is 3.11. The summed E-state index contributed by atoms with van der Waals surface area (Å²) in [5.41, 5.74) is 1.42. The van der Waals surface area contributed by atoms with Crippen LogP contribution in [0.25, 0.3) is 0 Å². The Morgan fingerprint density at radius 3 is 2.58 bits per heavy atom. The van der Waals surface area contributed by atoms with Crippen molar-refractivity contribution in [3.8, 4) is 0 Å². The third kappa shape index (κ3) is 2.74. The number of likely N-dealkylation sites (tertiary alicyclic amines) is 2. The van der Waals surface area contributed by atoms with E-state index in [1.54, 1.807) is 29.1 Å². The van der Waals surface area contributed by atoms with Crippen molar-refractivity contribution >= 4 is 17.7 Å². The molecule has 0 unspecified atom stereocenters. The van der Waals surface area contributed by atoms with E-state index in [0.29, 0.717) is 25.1 Å². The highest BCUT2D eigenvalue weighted by molar-refractivity contribution is 5.94. The number of hydrogen-bond donors (Lipinski definition) is 1. The Bertz CT molecular complexity index is 673. The van der Waals surface area contributed by atoms with Gasteiger partial charge in [-0.05, 0) is 25.5 Å². The summed E-state index contributed by atoms with van der Waals surface area (Å²) < 4.78 is 0. The fourth-order valence-electron chi connectivity index (χ4n) is 3.83. The molecule has 2 saturated heterocycles. The molecular weight excluding hydrogens is 308 g/mol. The van der Waals surface area contributed by atoms with Crippen molar-refractivity contribution in [2.45, 2.75) is 32.4 Å². The van der Waals surface area contributed by atoms with Gasteiger partial charge in [0.1, 0.15) is 6.04 Å². The molecule has 3 heterocycles. The quantitative estimate of drug-likeness (QED) is 0.840. The number of hydrogen-bond acceptors (Lipinski definition) is 4. The molecule has 1 N–H and O–H groups in total. The predicted octanol–water partition coefficient (Wildman–Crippen LogP) is 0.197. The highest BCUT2D eigenvalue weighted by Crippen LogP contribution is 2.36. The van der Waals surface area contributed by atoms with Crippen LogP contribution in [0.15, 0.2) is 18.3 Å². The smallest absolute Gasteiger partial charge is 0.255 e. The monoisotopic (exact) mass is 330 g/mol. The first-order valence-electron chi connectivity index (χ1n) is 8.14.